The monoisotopic (exact) mass is 273 g/mol. The molecular formula is C14H15N3OS. The summed E-state index contributed by atoms with van der Waals surface area (Å²) in [7, 11) is 0. The lowest BCUT2D eigenvalue weighted by molar-refractivity contribution is 1.03. The summed E-state index contributed by atoms with van der Waals surface area (Å²) >= 11 is 1.73. The lowest BCUT2D eigenvalue weighted by Gasteiger charge is -2.10. The number of thioether (sulfide) groups is 1. The first-order valence-corrected chi connectivity index (χ1v) is 7.33. The fraction of sp³-hybridized carbons (Fsp3) is 0.286. The van der Waals surface area contributed by atoms with E-state index in [9.17, 15) is 4.79 Å². The van der Waals surface area contributed by atoms with Gasteiger partial charge in [0.25, 0.3) is 5.56 Å². The van der Waals surface area contributed by atoms with Gasteiger partial charge in [-0.25, -0.2) is 4.98 Å². The first kappa shape index (κ1) is 12.3. The highest BCUT2D eigenvalue weighted by Gasteiger charge is 2.17. The highest BCUT2D eigenvalue weighted by molar-refractivity contribution is 7.98. The summed E-state index contributed by atoms with van der Waals surface area (Å²) in [4.78, 5) is 19.2. The van der Waals surface area contributed by atoms with Gasteiger partial charge in [-0.05, 0) is 31.0 Å². The molecule has 2 heterocycles. The number of nitrogens with zero attached hydrogens (tertiary/aromatic N) is 1. The maximum absolute atomic E-state index is 11.9. The van der Waals surface area contributed by atoms with E-state index < -0.39 is 0 Å². The van der Waals surface area contributed by atoms with Crippen LogP contribution in [0.5, 0.6) is 0 Å². The van der Waals surface area contributed by atoms with Crippen LogP contribution in [0.4, 0.5) is 11.6 Å². The fourth-order valence-electron chi connectivity index (χ4n) is 2.12. The molecule has 1 aliphatic rings. The van der Waals surface area contributed by atoms with Crippen molar-refractivity contribution in [2.75, 3.05) is 5.32 Å². The molecule has 0 saturated carbocycles. The van der Waals surface area contributed by atoms with E-state index in [1.807, 2.05) is 13.8 Å². The Bertz CT molecular complexity index is 694. The molecule has 0 amide bonds. The largest absolute Gasteiger partial charge is 0.325 e. The molecule has 0 bridgehead atoms. The molecule has 2 N–H and O–H groups in total. The SMILES string of the molecule is Cc1ccc(C)c(Nc2nc3c(c(=O)[nH]2)CSC3)c1. The number of nitrogens with one attached hydrogen (secondary N) is 2. The van der Waals surface area contributed by atoms with Gasteiger partial charge in [0.05, 0.1) is 5.69 Å². The van der Waals surface area contributed by atoms with Crippen molar-refractivity contribution >= 4 is 23.4 Å². The van der Waals surface area contributed by atoms with Gasteiger partial charge in [0.1, 0.15) is 0 Å². The quantitative estimate of drug-likeness (QED) is 0.883. The molecule has 0 fully saturated rings. The van der Waals surface area contributed by atoms with Gasteiger partial charge < -0.3 is 5.32 Å². The molecule has 0 saturated heterocycles. The van der Waals surface area contributed by atoms with Crippen LogP contribution in [0.3, 0.4) is 0 Å². The van der Waals surface area contributed by atoms with Crippen LogP contribution in [-0.2, 0) is 11.5 Å². The van der Waals surface area contributed by atoms with Crippen LogP contribution in [0.2, 0.25) is 0 Å². The Labute approximate surface area is 115 Å². The second-order valence-electron chi connectivity index (χ2n) is 4.78. The molecule has 0 atom stereocenters. The van der Waals surface area contributed by atoms with Crippen LogP contribution in [0.1, 0.15) is 22.4 Å². The number of hydrogen-bond acceptors (Lipinski definition) is 4. The minimum absolute atomic E-state index is 0.0252. The van der Waals surface area contributed by atoms with Gasteiger partial charge in [-0.15, -0.1) is 0 Å². The summed E-state index contributed by atoms with van der Waals surface area (Å²) in [5, 5.41) is 3.21. The highest BCUT2D eigenvalue weighted by Crippen LogP contribution is 2.26. The molecule has 3 rings (SSSR count). The molecule has 4 nitrogen and oxygen atoms in total. The van der Waals surface area contributed by atoms with Crippen LogP contribution < -0.4 is 10.9 Å². The zero-order valence-electron chi connectivity index (χ0n) is 10.9. The molecule has 98 valence electrons. The van der Waals surface area contributed by atoms with Crippen molar-refractivity contribution in [1.29, 1.82) is 0 Å². The van der Waals surface area contributed by atoms with E-state index in [1.54, 1.807) is 11.8 Å². The van der Waals surface area contributed by atoms with E-state index in [2.05, 4.69) is 33.5 Å². The minimum atomic E-state index is -0.0252. The maximum Gasteiger partial charge on any atom is 0.256 e. The average molecular weight is 273 g/mol. The van der Waals surface area contributed by atoms with Crippen LogP contribution in [-0.4, -0.2) is 9.97 Å². The lowest BCUT2D eigenvalue weighted by atomic mass is 10.1. The predicted octanol–water partition coefficient (Wildman–Crippen LogP) is 2.88. The van der Waals surface area contributed by atoms with E-state index in [-0.39, 0.29) is 5.56 Å². The molecule has 0 spiro atoms. The number of anilines is 2. The molecule has 19 heavy (non-hydrogen) atoms. The van der Waals surface area contributed by atoms with Crippen LogP contribution in [0, 0.1) is 13.8 Å². The Morgan fingerprint density at radius 3 is 3.00 bits per heavy atom. The van der Waals surface area contributed by atoms with Crippen LogP contribution in [0.15, 0.2) is 23.0 Å². The Morgan fingerprint density at radius 2 is 2.16 bits per heavy atom. The van der Waals surface area contributed by atoms with Gasteiger partial charge in [-0.2, -0.15) is 11.8 Å². The van der Waals surface area contributed by atoms with Gasteiger partial charge in [0.15, 0.2) is 0 Å². The Morgan fingerprint density at radius 1 is 1.32 bits per heavy atom. The topological polar surface area (TPSA) is 57.8 Å². The molecule has 0 aliphatic carbocycles. The second kappa shape index (κ2) is 4.74. The summed E-state index contributed by atoms with van der Waals surface area (Å²) in [6.07, 6.45) is 0. The standard InChI is InChI=1S/C14H15N3OS/c1-8-3-4-9(2)11(5-8)15-14-16-12-7-19-6-10(12)13(18)17-14/h3-5H,6-7H2,1-2H3,(H2,15,16,17,18). The molecule has 1 aromatic heterocycles. The summed E-state index contributed by atoms with van der Waals surface area (Å²) in [5.41, 5.74) is 4.98. The number of aromatic amines is 1. The number of aryl methyl sites for hydroxylation is 2. The van der Waals surface area contributed by atoms with Crippen molar-refractivity contribution in [2.24, 2.45) is 0 Å². The third-order valence-corrected chi connectivity index (χ3v) is 4.20. The molecule has 0 radical (unpaired) electrons. The molecule has 1 aliphatic heterocycles. The first-order valence-electron chi connectivity index (χ1n) is 6.17. The number of hydrogen-bond donors (Lipinski definition) is 2. The van der Waals surface area contributed by atoms with Gasteiger partial charge in [0.2, 0.25) is 5.95 Å². The van der Waals surface area contributed by atoms with Crippen LogP contribution >= 0.6 is 11.8 Å². The number of fused-ring (bicyclic) bond motifs is 1. The van der Waals surface area contributed by atoms with E-state index >= 15 is 0 Å². The van der Waals surface area contributed by atoms with Crippen LogP contribution in [0.25, 0.3) is 0 Å². The Balaban J connectivity index is 1.98. The van der Waals surface area contributed by atoms with Gasteiger partial charge >= 0.3 is 0 Å². The molecule has 0 unspecified atom stereocenters. The third-order valence-electron chi connectivity index (χ3n) is 3.23. The Kier molecular flexibility index (Phi) is 3.06. The van der Waals surface area contributed by atoms with E-state index in [4.69, 9.17) is 0 Å². The van der Waals surface area contributed by atoms with Crippen molar-refractivity contribution in [2.45, 2.75) is 25.4 Å². The maximum atomic E-state index is 11.9. The van der Waals surface area contributed by atoms with Crippen molar-refractivity contribution in [3.8, 4) is 0 Å². The van der Waals surface area contributed by atoms with Crippen molar-refractivity contribution in [3.05, 3.63) is 50.9 Å². The summed E-state index contributed by atoms with van der Waals surface area (Å²) in [6.45, 7) is 4.07. The van der Waals surface area contributed by atoms with Gasteiger partial charge in [-0.3, -0.25) is 9.78 Å². The number of rotatable bonds is 2. The minimum Gasteiger partial charge on any atom is -0.325 e. The van der Waals surface area contributed by atoms with Crippen molar-refractivity contribution in [3.63, 3.8) is 0 Å². The highest BCUT2D eigenvalue weighted by atomic mass is 32.2. The number of aromatic nitrogens is 2. The van der Waals surface area contributed by atoms with E-state index in [0.717, 1.165) is 34.0 Å². The van der Waals surface area contributed by atoms with Gasteiger partial charge in [-0.1, -0.05) is 12.1 Å². The molecule has 2 aromatic rings. The molecule has 5 heteroatoms. The summed E-state index contributed by atoms with van der Waals surface area (Å²) in [5.74, 6) is 2.11. The number of benzene rings is 1. The van der Waals surface area contributed by atoms with E-state index in [0.29, 0.717) is 5.95 Å². The summed E-state index contributed by atoms with van der Waals surface area (Å²) in [6, 6.07) is 6.17. The lowest BCUT2D eigenvalue weighted by Crippen LogP contribution is -2.16. The predicted molar refractivity (Wildman–Crippen MR) is 79.1 cm³/mol. The average Bonchev–Trinajstić information content (AvgIpc) is 2.82. The van der Waals surface area contributed by atoms with Crippen molar-refractivity contribution < 1.29 is 0 Å². The molecule has 1 aromatic carbocycles. The zero-order valence-corrected chi connectivity index (χ0v) is 11.7. The molecular weight excluding hydrogens is 258 g/mol. The Hall–Kier alpha value is -1.75. The second-order valence-corrected chi connectivity index (χ2v) is 5.76. The normalized spacial score (nSPS) is 13.4. The number of H-pyrrole nitrogens is 1. The van der Waals surface area contributed by atoms with Gasteiger partial charge in [0, 0.05) is 22.8 Å². The van der Waals surface area contributed by atoms with Crippen molar-refractivity contribution in [1.82, 2.24) is 9.97 Å². The fourth-order valence-corrected chi connectivity index (χ4v) is 3.16. The zero-order chi connectivity index (χ0) is 13.4. The first-order chi connectivity index (χ1) is 9.13. The smallest absolute Gasteiger partial charge is 0.256 e. The van der Waals surface area contributed by atoms with E-state index in [1.165, 1.54) is 5.56 Å². The third kappa shape index (κ3) is 2.38. The summed E-state index contributed by atoms with van der Waals surface area (Å²) < 4.78 is 0.